The number of oxazole rings is 1. The average molecular weight is 292 g/mol. The summed E-state index contributed by atoms with van der Waals surface area (Å²) >= 11 is 5.39. The van der Waals surface area contributed by atoms with Crippen LogP contribution < -0.4 is 10.2 Å². The van der Waals surface area contributed by atoms with Gasteiger partial charge < -0.3 is 19.5 Å². The maximum atomic E-state index is 5.62. The Morgan fingerprint density at radius 1 is 1.30 bits per heavy atom. The molecule has 0 bridgehead atoms. The zero-order valence-corrected chi connectivity index (χ0v) is 13.1. The fourth-order valence-electron chi connectivity index (χ4n) is 1.90. The first-order chi connectivity index (χ1) is 9.55. The topological polar surface area (TPSA) is 44.5 Å². The average Bonchev–Trinajstić information content (AvgIpc) is 2.83. The van der Waals surface area contributed by atoms with Gasteiger partial charge in [-0.1, -0.05) is 0 Å². The van der Waals surface area contributed by atoms with E-state index >= 15 is 0 Å². The lowest BCUT2D eigenvalue weighted by molar-refractivity contribution is 0.473. The van der Waals surface area contributed by atoms with Crippen LogP contribution in [0.2, 0.25) is 0 Å². The van der Waals surface area contributed by atoms with Gasteiger partial charge >= 0.3 is 0 Å². The Bertz CT molecular complexity index is 604. The highest BCUT2D eigenvalue weighted by molar-refractivity contribution is 7.80. The van der Waals surface area contributed by atoms with Crippen LogP contribution in [0.5, 0.6) is 0 Å². The monoisotopic (exact) mass is 292 g/mol. The number of nitrogens with zero attached hydrogens (tertiary/aromatic N) is 3. The minimum Gasteiger partial charge on any atom is -0.423 e. The van der Waals surface area contributed by atoms with Crippen LogP contribution in [-0.2, 0) is 0 Å². The SMILES string of the molecule is CCN(CC)C(=S)Nc1ccc2oc(N(C)C)nc2c1. The van der Waals surface area contributed by atoms with Crippen molar-refractivity contribution in [3.63, 3.8) is 0 Å². The number of anilines is 2. The van der Waals surface area contributed by atoms with Crippen LogP contribution in [-0.4, -0.2) is 42.2 Å². The van der Waals surface area contributed by atoms with Crippen molar-refractivity contribution in [3.05, 3.63) is 18.2 Å². The Morgan fingerprint density at radius 2 is 2.00 bits per heavy atom. The first-order valence-corrected chi connectivity index (χ1v) is 7.09. The van der Waals surface area contributed by atoms with Gasteiger partial charge in [0.05, 0.1) is 0 Å². The second-order valence-corrected chi connectivity index (χ2v) is 5.06. The number of rotatable bonds is 4. The Labute approximate surface area is 124 Å². The Balaban J connectivity index is 2.21. The summed E-state index contributed by atoms with van der Waals surface area (Å²) < 4.78 is 5.62. The van der Waals surface area contributed by atoms with E-state index in [1.54, 1.807) is 0 Å². The predicted molar refractivity (Wildman–Crippen MR) is 87.5 cm³/mol. The van der Waals surface area contributed by atoms with Gasteiger partial charge in [0.25, 0.3) is 6.01 Å². The molecule has 1 N–H and O–H groups in total. The molecule has 0 radical (unpaired) electrons. The number of nitrogens with one attached hydrogen (secondary N) is 1. The second-order valence-electron chi connectivity index (χ2n) is 4.68. The minimum atomic E-state index is 0.600. The van der Waals surface area contributed by atoms with E-state index in [2.05, 4.69) is 29.0 Å². The summed E-state index contributed by atoms with van der Waals surface area (Å²) in [6.45, 7) is 5.95. The van der Waals surface area contributed by atoms with E-state index in [1.165, 1.54) is 0 Å². The number of aromatic nitrogens is 1. The molecule has 1 aromatic carbocycles. The first-order valence-electron chi connectivity index (χ1n) is 6.69. The standard InChI is InChI=1S/C14H20N4OS/c1-5-18(6-2)14(20)15-10-7-8-12-11(9-10)16-13(19-12)17(3)4/h7-9H,5-6H2,1-4H3,(H,15,20). The van der Waals surface area contributed by atoms with Crippen LogP contribution in [0.1, 0.15) is 13.8 Å². The lowest BCUT2D eigenvalue weighted by atomic mass is 10.3. The zero-order chi connectivity index (χ0) is 14.7. The molecule has 1 aromatic heterocycles. The summed E-state index contributed by atoms with van der Waals surface area (Å²) in [6, 6.07) is 6.40. The van der Waals surface area contributed by atoms with Crippen molar-refractivity contribution in [2.45, 2.75) is 13.8 Å². The van der Waals surface area contributed by atoms with Gasteiger partial charge in [0.1, 0.15) is 5.52 Å². The molecular weight excluding hydrogens is 272 g/mol. The molecule has 20 heavy (non-hydrogen) atoms. The largest absolute Gasteiger partial charge is 0.423 e. The molecule has 0 atom stereocenters. The lowest BCUT2D eigenvalue weighted by Crippen LogP contribution is -2.34. The molecular formula is C14H20N4OS. The maximum Gasteiger partial charge on any atom is 0.297 e. The van der Waals surface area contributed by atoms with E-state index in [1.807, 2.05) is 37.2 Å². The molecule has 0 saturated heterocycles. The second kappa shape index (κ2) is 6.09. The normalized spacial score (nSPS) is 10.6. The molecule has 0 amide bonds. The van der Waals surface area contributed by atoms with E-state index in [0.29, 0.717) is 6.01 Å². The third kappa shape index (κ3) is 3.01. The molecule has 0 aliphatic rings. The molecule has 1 heterocycles. The van der Waals surface area contributed by atoms with Crippen LogP contribution >= 0.6 is 12.2 Å². The van der Waals surface area contributed by atoms with E-state index in [-0.39, 0.29) is 0 Å². The molecule has 2 aromatic rings. The third-order valence-corrected chi connectivity index (χ3v) is 3.42. The van der Waals surface area contributed by atoms with Crippen molar-refractivity contribution in [2.75, 3.05) is 37.4 Å². The fourth-order valence-corrected chi connectivity index (χ4v) is 2.27. The van der Waals surface area contributed by atoms with Gasteiger partial charge in [-0.3, -0.25) is 0 Å². The van der Waals surface area contributed by atoms with E-state index in [9.17, 15) is 0 Å². The van der Waals surface area contributed by atoms with Crippen molar-refractivity contribution in [3.8, 4) is 0 Å². The van der Waals surface area contributed by atoms with Gasteiger partial charge in [-0.2, -0.15) is 4.98 Å². The highest BCUT2D eigenvalue weighted by Gasteiger charge is 2.10. The number of hydrogen-bond donors (Lipinski definition) is 1. The minimum absolute atomic E-state index is 0.600. The van der Waals surface area contributed by atoms with Crippen LogP contribution in [0, 0.1) is 0 Å². The van der Waals surface area contributed by atoms with Gasteiger partial charge in [-0.25, -0.2) is 0 Å². The molecule has 0 aliphatic heterocycles. The Morgan fingerprint density at radius 3 is 2.60 bits per heavy atom. The van der Waals surface area contributed by atoms with E-state index in [0.717, 1.165) is 35.0 Å². The summed E-state index contributed by atoms with van der Waals surface area (Å²) in [5.74, 6) is 0. The van der Waals surface area contributed by atoms with Gasteiger partial charge in [-0.15, -0.1) is 0 Å². The van der Waals surface area contributed by atoms with Crippen molar-refractivity contribution >= 4 is 40.1 Å². The highest BCUT2D eigenvalue weighted by atomic mass is 32.1. The highest BCUT2D eigenvalue weighted by Crippen LogP contribution is 2.23. The van der Waals surface area contributed by atoms with Crippen LogP contribution in [0.3, 0.4) is 0 Å². The number of fused-ring (bicyclic) bond motifs is 1. The van der Waals surface area contributed by atoms with Crippen LogP contribution in [0.4, 0.5) is 11.7 Å². The summed E-state index contributed by atoms with van der Waals surface area (Å²) in [4.78, 5) is 8.36. The smallest absolute Gasteiger partial charge is 0.297 e. The van der Waals surface area contributed by atoms with Crippen molar-refractivity contribution in [1.82, 2.24) is 9.88 Å². The Hall–Kier alpha value is -1.82. The molecule has 0 fully saturated rings. The van der Waals surface area contributed by atoms with Crippen molar-refractivity contribution < 1.29 is 4.42 Å². The van der Waals surface area contributed by atoms with Crippen molar-refractivity contribution in [1.29, 1.82) is 0 Å². The van der Waals surface area contributed by atoms with Crippen LogP contribution in [0.25, 0.3) is 11.1 Å². The Kier molecular flexibility index (Phi) is 4.44. The summed E-state index contributed by atoms with van der Waals surface area (Å²) in [7, 11) is 3.80. The number of benzene rings is 1. The summed E-state index contributed by atoms with van der Waals surface area (Å²) in [5.41, 5.74) is 2.52. The van der Waals surface area contributed by atoms with Gasteiger partial charge in [0.15, 0.2) is 10.7 Å². The first kappa shape index (κ1) is 14.6. The molecule has 0 unspecified atom stereocenters. The third-order valence-electron chi connectivity index (χ3n) is 3.06. The van der Waals surface area contributed by atoms with E-state index < -0.39 is 0 Å². The number of hydrogen-bond acceptors (Lipinski definition) is 4. The van der Waals surface area contributed by atoms with Crippen LogP contribution in [0.15, 0.2) is 22.6 Å². The quantitative estimate of drug-likeness (QED) is 0.874. The summed E-state index contributed by atoms with van der Waals surface area (Å²) in [6.07, 6.45) is 0. The molecule has 2 rings (SSSR count). The molecule has 0 spiro atoms. The maximum absolute atomic E-state index is 5.62. The van der Waals surface area contributed by atoms with E-state index in [4.69, 9.17) is 16.6 Å². The summed E-state index contributed by atoms with van der Waals surface area (Å²) in [5, 5.41) is 3.96. The zero-order valence-electron chi connectivity index (χ0n) is 12.3. The predicted octanol–water partition coefficient (Wildman–Crippen LogP) is 2.93. The number of thiocarbonyl (C=S) groups is 1. The molecule has 5 nitrogen and oxygen atoms in total. The van der Waals surface area contributed by atoms with Gasteiger partial charge in [-0.05, 0) is 44.3 Å². The fraction of sp³-hybridized carbons (Fsp3) is 0.429. The van der Waals surface area contributed by atoms with Crippen molar-refractivity contribution in [2.24, 2.45) is 0 Å². The molecule has 108 valence electrons. The molecule has 6 heteroatoms. The van der Waals surface area contributed by atoms with Gasteiger partial charge in [0, 0.05) is 32.9 Å². The van der Waals surface area contributed by atoms with Gasteiger partial charge in [0.2, 0.25) is 0 Å². The molecule has 0 aliphatic carbocycles. The lowest BCUT2D eigenvalue weighted by Gasteiger charge is -2.22. The molecule has 0 saturated carbocycles.